The van der Waals surface area contributed by atoms with Gasteiger partial charge in [0.2, 0.25) is 0 Å². The largest absolute Gasteiger partial charge is 0.221 e. The maximum atomic E-state index is 6.51. The Balaban J connectivity index is 2.17. The lowest BCUT2D eigenvalue weighted by atomic mass is 10.1. The van der Waals surface area contributed by atoms with Gasteiger partial charge < -0.3 is 0 Å². The fourth-order valence-electron chi connectivity index (χ4n) is 2.55. The Labute approximate surface area is 130 Å². The number of aryl methyl sites for hydroxylation is 2. The smallest absolute Gasteiger partial charge is 0.136 e. The minimum atomic E-state index is 0.667. The van der Waals surface area contributed by atoms with Crippen LogP contribution < -0.4 is 0 Å². The molecule has 0 N–H and O–H groups in total. The maximum absolute atomic E-state index is 6.51. The minimum Gasteiger partial charge on any atom is -0.221 e. The Hall–Kier alpha value is -2.06. The van der Waals surface area contributed by atoms with E-state index in [2.05, 4.69) is 44.2 Å². The lowest BCUT2D eigenvalue weighted by molar-refractivity contribution is 0.876. The summed E-state index contributed by atoms with van der Waals surface area (Å²) in [5.41, 5.74) is 6.44. The minimum absolute atomic E-state index is 0.667. The van der Waals surface area contributed by atoms with Gasteiger partial charge in [0.25, 0.3) is 0 Å². The first-order valence-electron chi connectivity index (χ1n) is 6.96. The summed E-state index contributed by atoms with van der Waals surface area (Å²) in [6.07, 6.45) is 0. The molecule has 1 heterocycles. The number of hydrogen-bond donors (Lipinski definition) is 0. The molecular formula is C18H17ClN2. The van der Waals surface area contributed by atoms with Gasteiger partial charge in [0, 0.05) is 11.1 Å². The van der Waals surface area contributed by atoms with Crippen LogP contribution in [0.3, 0.4) is 0 Å². The van der Waals surface area contributed by atoms with Crippen molar-refractivity contribution in [3.05, 3.63) is 70.4 Å². The molecule has 0 spiro atoms. The Morgan fingerprint density at radius 3 is 2.33 bits per heavy atom. The van der Waals surface area contributed by atoms with Crippen molar-refractivity contribution in [1.82, 2.24) is 9.78 Å². The first kappa shape index (κ1) is 13.9. The normalized spacial score (nSPS) is 10.9. The Morgan fingerprint density at radius 2 is 1.67 bits per heavy atom. The van der Waals surface area contributed by atoms with Crippen molar-refractivity contribution in [2.45, 2.75) is 20.8 Å². The number of rotatable bonds is 2. The molecule has 0 aliphatic heterocycles. The van der Waals surface area contributed by atoms with Crippen LogP contribution in [0, 0.1) is 20.8 Å². The van der Waals surface area contributed by atoms with Crippen molar-refractivity contribution in [3.63, 3.8) is 0 Å². The molecule has 3 heteroatoms. The number of hydrogen-bond acceptors (Lipinski definition) is 1. The van der Waals surface area contributed by atoms with Gasteiger partial charge in [0.05, 0.1) is 11.4 Å². The zero-order chi connectivity index (χ0) is 15.0. The summed E-state index contributed by atoms with van der Waals surface area (Å²) < 4.78 is 1.83. The molecule has 0 amide bonds. The van der Waals surface area contributed by atoms with Gasteiger partial charge in [0.1, 0.15) is 5.15 Å². The van der Waals surface area contributed by atoms with Crippen LogP contribution in [0.2, 0.25) is 5.15 Å². The van der Waals surface area contributed by atoms with E-state index < -0.39 is 0 Å². The Bertz CT molecular complexity index is 788. The van der Waals surface area contributed by atoms with Gasteiger partial charge in [-0.25, -0.2) is 4.68 Å². The summed E-state index contributed by atoms with van der Waals surface area (Å²) in [6.45, 7) is 6.18. The van der Waals surface area contributed by atoms with Crippen LogP contribution in [0.1, 0.15) is 16.7 Å². The van der Waals surface area contributed by atoms with E-state index in [4.69, 9.17) is 16.7 Å². The molecule has 0 aliphatic carbocycles. The summed E-state index contributed by atoms with van der Waals surface area (Å²) in [4.78, 5) is 0. The summed E-state index contributed by atoms with van der Waals surface area (Å²) in [5.74, 6) is 0. The monoisotopic (exact) mass is 296 g/mol. The summed E-state index contributed by atoms with van der Waals surface area (Å²) >= 11 is 6.51. The average molecular weight is 297 g/mol. The lowest BCUT2D eigenvalue weighted by Crippen LogP contribution is -1.99. The van der Waals surface area contributed by atoms with Gasteiger partial charge in [-0.05, 0) is 32.4 Å². The van der Waals surface area contributed by atoms with Crippen LogP contribution in [-0.4, -0.2) is 9.78 Å². The van der Waals surface area contributed by atoms with E-state index in [0.29, 0.717) is 5.15 Å². The second-order valence-electron chi connectivity index (χ2n) is 5.33. The van der Waals surface area contributed by atoms with Crippen molar-refractivity contribution in [2.24, 2.45) is 0 Å². The third kappa shape index (κ3) is 2.47. The van der Waals surface area contributed by atoms with E-state index >= 15 is 0 Å². The van der Waals surface area contributed by atoms with Gasteiger partial charge >= 0.3 is 0 Å². The van der Waals surface area contributed by atoms with Crippen molar-refractivity contribution < 1.29 is 0 Å². The summed E-state index contributed by atoms with van der Waals surface area (Å²) in [6, 6.07) is 16.4. The second kappa shape index (κ2) is 5.38. The third-order valence-corrected chi connectivity index (χ3v) is 4.12. The van der Waals surface area contributed by atoms with Gasteiger partial charge in [-0.3, -0.25) is 0 Å². The molecular weight excluding hydrogens is 280 g/mol. The first-order chi connectivity index (χ1) is 10.1. The van der Waals surface area contributed by atoms with Crippen molar-refractivity contribution in [3.8, 4) is 16.9 Å². The molecule has 0 unspecified atom stereocenters. The van der Waals surface area contributed by atoms with Crippen LogP contribution in [0.5, 0.6) is 0 Å². The highest BCUT2D eigenvalue weighted by atomic mass is 35.5. The maximum Gasteiger partial charge on any atom is 0.136 e. The molecule has 1 aromatic heterocycles. The van der Waals surface area contributed by atoms with Crippen LogP contribution in [-0.2, 0) is 0 Å². The van der Waals surface area contributed by atoms with E-state index in [-0.39, 0.29) is 0 Å². The van der Waals surface area contributed by atoms with Gasteiger partial charge in [-0.1, -0.05) is 59.6 Å². The van der Waals surface area contributed by atoms with Crippen LogP contribution in [0.25, 0.3) is 16.9 Å². The molecule has 3 aromatic rings. The number of aromatic nitrogens is 2. The van der Waals surface area contributed by atoms with Crippen LogP contribution in [0.15, 0.2) is 48.5 Å². The average Bonchev–Trinajstić information content (AvgIpc) is 2.77. The second-order valence-corrected chi connectivity index (χ2v) is 5.69. The molecule has 0 atom stereocenters. The van der Waals surface area contributed by atoms with Gasteiger partial charge in [-0.15, -0.1) is 0 Å². The predicted octanol–water partition coefficient (Wildman–Crippen LogP) is 5.12. The molecule has 0 bridgehead atoms. The molecule has 0 radical (unpaired) electrons. The van der Waals surface area contributed by atoms with E-state index in [0.717, 1.165) is 22.5 Å². The number of benzene rings is 2. The topological polar surface area (TPSA) is 17.8 Å². The number of halogens is 1. The molecule has 2 aromatic carbocycles. The van der Waals surface area contributed by atoms with Crippen molar-refractivity contribution in [2.75, 3.05) is 0 Å². The van der Waals surface area contributed by atoms with E-state index in [1.807, 2.05) is 29.8 Å². The molecule has 0 aliphatic rings. The Kier molecular flexibility index (Phi) is 3.56. The third-order valence-electron chi connectivity index (χ3n) is 3.68. The van der Waals surface area contributed by atoms with Crippen LogP contribution >= 0.6 is 11.6 Å². The fraction of sp³-hybridized carbons (Fsp3) is 0.167. The predicted molar refractivity (Wildman–Crippen MR) is 88.2 cm³/mol. The molecule has 106 valence electrons. The Morgan fingerprint density at radius 1 is 0.952 bits per heavy atom. The van der Waals surface area contributed by atoms with Crippen LogP contribution in [0.4, 0.5) is 0 Å². The number of nitrogens with zero attached hydrogens (tertiary/aromatic N) is 2. The highest BCUT2D eigenvalue weighted by molar-refractivity contribution is 6.31. The molecule has 0 fully saturated rings. The quantitative estimate of drug-likeness (QED) is 0.642. The molecule has 2 nitrogen and oxygen atoms in total. The zero-order valence-electron chi connectivity index (χ0n) is 12.4. The summed E-state index contributed by atoms with van der Waals surface area (Å²) in [5, 5.41) is 5.39. The molecule has 3 rings (SSSR count). The highest BCUT2D eigenvalue weighted by Crippen LogP contribution is 2.30. The standard InChI is InChI=1S/C18H17ClN2/c1-12-9-10-16(13(2)11-12)21-18(19)14(3)17(20-21)15-7-5-4-6-8-15/h4-11H,1-3H3. The van der Waals surface area contributed by atoms with Crippen molar-refractivity contribution >= 4 is 11.6 Å². The SMILES string of the molecule is Cc1ccc(-n2nc(-c3ccccc3)c(C)c2Cl)c(C)c1. The fourth-order valence-corrected chi connectivity index (χ4v) is 2.77. The lowest BCUT2D eigenvalue weighted by Gasteiger charge is -2.08. The van der Waals surface area contributed by atoms with Gasteiger partial charge in [0.15, 0.2) is 0 Å². The molecule has 0 saturated heterocycles. The van der Waals surface area contributed by atoms with E-state index in [1.165, 1.54) is 11.1 Å². The van der Waals surface area contributed by atoms with E-state index in [1.54, 1.807) is 0 Å². The summed E-state index contributed by atoms with van der Waals surface area (Å²) in [7, 11) is 0. The zero-order valence-corrected chi connectivity index (χ0v) is 13.1. The van der Waals surface area contributed by atoms with Crippen molar-refractivity contribution in [1.29, 1.82) is 0 Å². The molecule has 21 heavy (non-hydrogen) atoms. The highest BCUT2D eigenvalue weighted by Gasteiger charge is 2.16. The first-order valence-corrected chi connectivity index (χ1v) is 7.34. The van der Waals surface area contributed by atoms with E-state index in [9.17, 15) is 0 Å². The molecule has 0 saturated carbocycles. The van der Waals surface area contributed by atoms with Gasteiger partial charge in [-0.2, -0.15) is 5.10 Å².